The van der Waals surface area contributed by atoms with E-state index in [9.17, 15) is 0 Å². The highest BCUT2D eigenvalue weighted by molar-refractivity contribution is 9.11. The van der Waals surface area contributed by atoms with Crippen molar-refractivity contribution in [2.45, 2.75) is 0 Å². The monoisotopic (exact) mass is 714 g/mol. The number of fused-ring (bicyclic) bond motifs is 12. The summed E-state index contributed by atoms with van der Waals surface area (Å²) in [6.45, 7) is 0. The van der Waals surface area contributed by atoms with Crippen molar-refractivity contribution in [3.63, 3.8) is 0 Å². The summed E-state index contributed by atoms with van der Waals surface area (Å²) in [6.07, 6.45) is 0. The van der Waals surface area contributed by atoms with Crippen LogP contribution in [-0.2, 0) is 0 Å². The van der Waals surface area contributed by atoms with Gasteiger partial charge in [0.2, 0.25) is 0 Å². The fourth-order valence-corrected chi connectivity index (χ4v) is 11.0. The first-order chi connectivity index (χ1) is 14.5. The molecule has 4 heterocycles. The van der Waals surface area contributed by atoms with Gasteiger partial charge in [-0.25, -0.2) is 0 Å². The molecule has 0 nitrogen and oxygen atoms in total. The molecule has 0 N–H and O–H groups in total. The van der Waals surface area contributed by atoms with Crippen molar-refractivity contribution in [3.05, 3.63) is 51.5 Å². The van der Waals surface area contributed by atoms with Crippen molar-refractivity contribution in [2.24, 2.45) is 0 Å². The second-order valence-electron chi connectivity index (χ2n) is 7.12. The summed E-state index contributed by atoms with van der Waals surface area (Å²) in [4.78, 5) is 0. The van der Waals surface area contributed by atoms with Crippen molar-refractivity contribution in [1.82, 2.24) is 0 Å². The van der Waals surface area contributed by atoms with Crippen LogP contribution < -0.4 is 0 Å². The average molecular weight is 718 g/mol. The molecule has 0 unspecified atom stereocenters. The molecule has 0 radical (unpaired) electrons. The molecular formula is C22H6Br4S4. The SMILES string of the molecule is Brc1cc2c3cc(Br)sc3c3cc4c(cc3c2s1)c1sc(Br)cc1c1cc(Br)sc14. The number of thiophene rings is 4. The van der Waals surface area contributed by atoms with Gasteiger partial charge in [-0.05, 0) is 100 Å². The summed E-state index contributed by atoms with van der Waals surface area (Å²) in [5.74, 6) is 0. The fourth-order valence-electron chi connectivity index (χ4n) is 4.40. The Morgan fingerprint density at radius 3 is 0.767 bits per heavy atom. The Bertz CT molecular complexity index is 1580. The summed E-state index contributed by atoms with van der Waals surface area (Å²) in [7, 11) is 0. The molecule has 0 saturated heterocycles. The molecule has 7 rings (SSSR count). The van der Waals surface area contributed by atoms with Gasteiger partial charge in [-0.2, -0.15) is 0 Å². The van der Waals surface area contributed by atoms with Gasteiger partial charge in [-0.15, -0.1) is 45.3 Å². The van der Waals surface area contributed by atoms with E-state index < -0.39 is 0 Å². The molecule has 0 amide bonds. The smallest absolute Gasteiger partial charge is 0.0711 e. The third-order valence-corrected chi connectivity index (χ3v) is 12.2. The lowest BCUT2D eigenvalue weighted by atomic mass is 9.98. The predicted octanol–water partition coefficient (Wildman–Crippen LogP) is 11.9. The summed E-state index contributed by atoms with van der Waals surface area (Å²) in [5, 5.41) is 10.7. The van der Waals surface area contributed by atoms with Gasteiger partial charge >= 0.3 is 0 Å². The second-order valence-corrected chi connectivity index (χ2v) is 16.8. The van der Waals surface area contributed by atoms with Crippen LogP contribution in [0.5, 0.6) is 0 Å². The number of hydrogen-bond acceptors (Lipinski definition) is 4. The number of halogens is 4. The quantitative estimate of drug-likeness (QED) is 0.137. The molecule has 7 aromatic rings. The number of rotatable bonds is 0. The first-order valence-corrected chi connectivity index (χ1v) is 15.3. The normalized spacial score (nSPS) is 12.7. The van der Waals surface area contributed by atoms with Gasteiger partial charge in [-0.1, -0.05) is 0 Å². The Balaban J connectivity index is 1.84. The molecule has 0 saturated carbocycles. The van der Waals surface area contributed by atoms with Crippen molar-refractivity contribution in [1.29, 1.82) is 0 Å². The molecule has 146 valence electrons. The van der Waals surface area contributed by atoms with Crippen molar-refractivity contribution < 1.29 is 0 Å². The van der Waals surface area contributed by atoms with E-state index in [1.807, 2.05) is 45.3 Å². The Morgan fingerprint density at radius 2 is 0.533 bits per heavy atom. The maximum absolute atomic E-state index is 3.73. The standard InChI is InChI=1S/C22H6Br4S4/c23-15-3-11-13-5-17(25)29-21(13)9-2-10-8(1-7(9)19(11)27-15)20-12(4-16(24)28-20)14-6-18(26)30-22(10)14/h1-6H. The number of benzene rings is 3. The van der Waals surface area contributed by atoms with Crippen molar-refractivity contribution >= 4 is 171 Å². The highest BCUT2D eigenvalue weighted by Crippen LogP contribution is 2.50. The highest BCUT2D eigenvalue weighted by Gasteiger charge is 2.19. The van der Waals surface area contributed by atoms with Gasteiger partial charge in [0.1, 0.15) is 0 Å². The van der Waals surface area contributed by atoms with E-state index >= 15 is 0 Å². The molecule has 8 heteroatoms. The molecule has 0 aliphatic heterocycles. The van der Waals surface area contributed by atoms with Crippen LogP contribution >= 0.6 is 109 Å². The van der Waals surface area contributed by atoms with E-state index in [4.69, 9.17) is 0 Å². The van der Waals surface area contributed by atoms with Crippen LogP contribution in [0, 0.1) is 0 Å². The summed E-state index contributed by atoms with van der Waals surface area (Å²) in [5.41, 5.74) is 0. The first-order valence-electron chi connectivity index (χ1n) is 8.85. The summed E-state index contributed by atoms with van der Waals surface area (Å²) >= 11 is 22.2. The van der Waals surface area contributed by atoms with Crippen LogP contribution in [-0.4, -0.2) is 0 Å². The second kappa shape index (κ2) is 6.73. The van der Waals surface area contributed by atoms with E-state index in [0.29, 0.717) is 0 Å². The minimum Gasteiger partial charge on any atom is -0.128 e. The number of hydrogen-bond donors (Lipinski definition) is 0. The Hall–Kier alpha value is -0.0600. The van der Waals surface area contributed by atoms with E-state index in [1.165, 1.54) is 77.0 Å². The average Bonchev–Trinajstić information content (AvgIpc) is 3.44. The maximum atomic E-state index is 3.73. The predicted molar refractivity (Wildman–Crippen MR) is 154 cm³/mol. The van der Waals surface area contributed by atoms with Gasteiger partial charge in [0.15, 0.2) is 0 Å². The molecule has 0 bridgehead atoms. The van der Waals surface area contributed by atoms with Crippen molar-refractivity contribution in [3.8, 4) is 0 Å². The lowest BCUT2D eigenvalue weighted by molar-refractivity contribution is 2.00. The van der Waals surface area contributed by atoms with Crippen LogP contribution in [0.1, 0.15) is 0 Å². The van der Waals surface area contributed by atoms with E-state index in [2.05, 4.69) is 100 Å². The molecule has 4 aromatic heterocycles. The highest BCUT2D eigenvalue weighted by atomic mass is 79.9. The topological polar surface area (TPSA) is 0 Å². The zero-order valence-electron chi connectivity index (χ0n) is 14.6. The molecule has 0 atom stereocenters. The van der Waals surface area contributed by atoms with Gasteiger partial charge in [-0.3, -0.25) is 0 Å². The van der Waals surface area contributed by atoms with E-state index in [1.54, 1.807) is 0 Å². The van der Waals surface area contributed by atoms with Crippen LogP contribution in [0.2, 0.25) is 0 Å². The first kappa shape index (κ1) is 19.4. The van der Waals surface area contributed by atoms with Crippen molar-refractivity contribution in [2.75, 3.05) is 0 Å². The zero-order chi connectivity index (χ0) is 20.3. The lowest BCUT2D eigenvalue weighted by Crippen LogP contribution is -1.80. The third-order valence-electron chi connectivity index (χ3n) is 5.52. The van der Waals surface area contributed by atoms with Gasteiger partial charge in [0.25, 0.3) is 0 Å². The Labute approximate surface area is 220 Å². The molecule has 0 aliphatic rings. The van der Waals surface area contributed by atoms with Crippen LogP contribution in [0.25, 0.3) is 61.9 Å². The minimum atomic E-state index is 1.18. The maximum Gasteiger partial charge on any atom is 0.0711 e. The van der Waals surface area contributed by atoms with Gasteiger partial charge in [0, 0.05) is 61.9 Å². The fraction of sp³-hybridized carbons (Fsp3) is 0. The molecule has 0 fully saturated rings. The van der Waals surface area contributed by atoms with Crippen LogP contribution in [0.4, 0.5) is 0 Å². The van der Waals surface area contributed by atoms with Gasteiger partial charge < -0.3 is 0 Å². The third kappa shape index (κ3) is 2.62. The largest absolute Gasteiger partial charge is 0.128 e. The molecule has 30 heavy (non-hydrogen) atoms. The van der Waals surface area contributed by atoms with E-state index in [-0.39, 0.29) is 0 Å². The zero-order valence-corrected chi connectivity index (χ0v) is 24.2. The Morgan fingerprint density at radius 1 is 0.333 bits per heavy atom. The molecular weight excluding hydrogens is 712 g/mol. The summed E-state index contributed by atoms with van der Waals surface area (Å²) in [6, 6.07) is 13.9. The van der Waals surface area contributed by atoms with Gasteiger partial charge in [0.05, 0.1) is 15.1 Å². The van der Waals surface area contributed by atoms with Crippen LogP contribution in [0.3, 0.4) is 0 Å². The lowest BCUT2D eigenvalue weighted by Gasteiger charge is -2.08. The minimum absolute atomic E-state index is 1.18. The molecule has 0 aliphatic carbocycles. The summed E-state index contributed by atoms with van der Waals surface area (Å²) < 4.78 is 10.1. The van der Waals surface area contributed by atoms with Crippen LogP contribution in [0.15, 0.2) is 51.5 Å². The van der Waals surface area contributed by atoms with E-state index in [0.717, 1.165) is 0 Å². The Kier molecular flexibility index (Phi) is 4.35. The molecule has 3 aromatic carbocycles. The molecule has 0 spiro atoms.